The number of carbonyl (C=O) groups is 3. The third kappa shape index (κ3) is 7.08. The first kappa shape index (κ1) is 31.6. The molecule has 3 aromatic carbocycles. The second kappa shape index (κ2) is 13.6. The van der Waals surface area contributed by atoms with Gasteiger partial charge in [-0.3, -0.25) is 24.4 Å². The van der Waals surface area contributed by atoms with Crippen molar-refractivity contribution < 1.29 is 42.1 Å². The number of hydrazine groups is 1. The molecule has 3 N–H and O–H groups in total. The van der Waals surface area contributed by atoms with Crippen molar-refractivity contribution in [3.8, 4) is 23.0 Å². The molecule has 1 saturated carbocycles. The first-order chi connectivity index (χ1) is 22.8. The van der Waals surface area contributed by atoms with E-state index in [4.69, 9.17) is 18.9 Å². The number of methoxy groups -OCH3 is 1. The summed E-state index contributed by atoms with van der Waals surface area (Å²) in [5, 5.41) is 7.29. The Morgan fingerprint density at radius 1 is 0.936 bits per heavy atom. The molecule has 244 valence electrons. The Kier molecular flexibility index (Phi) is 9.13. The maximum Gasteiger partial charge on any atom is 0.262 e. The molecule has 12 nitrogen and oxygen atoms in total. The smallest absolute Gasteiger partial charge is 0.262 e. The monoisotopic (exact) mass is 647 g/mol. The van der Waals surface area contributed by atoms with Crippen LogP contribution in [-0.4, -0.2) is 67.7 Å². The van der Waals surface area contributed by atoms with Gasteiger partial charge in [0.1, 0.15) is 30.2 Å². The maximum atomic E-state index is 15.2. The van der Waals surface area contributed by atoms with Crippen molar-refractivity contribution in [1.82, 2.24) is 15.4 Å². The molecule has 4 aromatic rings. The summed E-state index contributed by atoms with van der Waals surface area (Å²) in [5.41, 5.74) is 2.74. The van der Waals surface area contributed by atoms with E-state index < -0.39 is 28.9 Å². The van der Waals surface area contributed by atoms with Crippen molar-refractivity contribution in [1.29, 1.82) is 0 Å². The molecule has 1 aliphatic heterocycles. The summed E-state index contributed by atoms with van der Waals surface area (Å²) >= 11 is 0. The predicted molar refractivity (Wildman–Crippen MR) is 166 cm³/mol. The van der Waals surface area contributed by atoms with Crippen LogP contribution in [0.2, 0.25) is 0 Å². The van der Waals surface area contributed by atoms with Gasteiger partial charge in [0, 0.05) is 41.6 Å². The highest BCUT2D eigenvalue weighted by atomic mass is 19.1. The van der Waals surface area contributed by atoms with Gasteiger partial charge in [-0.15, -0.1) is 0 Å². The quantitative estimate of drug-likeness (QED) is 0.151. The van der Waals surface area contributed by atoms with Gasteiger partial charge < -0.3 is 29.6 Å². The Morgan fingerprint density at radius 2 is 1.68 bits per heavy atom. The molecule has 1 saturated heterocycles. The number of halogens is 2. The molecule has 0 radical (unpaired) electrons. The number of morpholine rings is 1. The second-order valence-corrected chi connectivity index (χ2v) is 10.9. The summed E-state index contributed by atoms with van der Waals surface area (Å²) in [6.07, 6.45) is 2.17. The van der Waals surface area contributed by atoms with Crippen molar-refractivity contribution >= 4 is 40.0 Å². The van der Waals surface area contributed by atoms with Gasteiger partial charge in [-0.25, -0.2) is 14.2 Å². The fraction of sp³-hybridized carbons (Fsp3) is 0.273. The summed E-state index contributed by atoms with van der Waals surface area (Å²) in [5.74, 6) is -1.41. The normalized spacial score (nSPS) is 15.2. The van der Waals surface area contributed by atoms with E-state index in [9.17, 15) is 18.8 Å². The van der Waals surface area contributed by atoms with Crippen LogP contribution in [0, 0.1) is 17.0 Å². The lowest BCUT2D eigenvalue weighted by Gasteiger charge is -2.27. The maximum absolute atomic E-state index is 15.2. The minimum absolute atomic E-state index is 0.0365. The number of amides is 3. The van der Waals surface area contributed by atoms with E-state index in [-0.39, 0.29) is 30.6 Å². The highest BCUT2D eigenvalue weighted by Gasteiger charge is 2.56. The molecule has 1 aliphatic carbocycles. The molecule has 3 amide bonds. The average Bonchev–Trinajstić information content (AvgIpc) is 3.89. The van der Waals surface area contributed by atoms with Crippen molar-refractivity contribution in [3.63, 3.8) is 0 Å². The average molecular weight is 648 g/mol. The van der Waals surface area contributed by atoms with Crippen LogP contribution in [0.1, 0.15) is 12.8 Å². The van der Waals surface area contributed by atoms with E-state index in [1.54, 1.807) is 18.2 Å². The van der Waals surface area contributed by atoms with Crippen LogP contribution in [0.3, 0.4) is 0 Å². The summed E-state index contributed by atoms with van der Waals surface area (Å²) in [4.78, 5) is 42.1. The zero-order valence-electron chi connectivity index (χ0n) is 25.3. The van der Waals surface area contributed by atoms with Crippen LogP contribution in [0.15, 0.2) is 66.9 Å². The van der Waals surface area contributed by atoms with Gasteiger partial charge in [0.2, 0.25) is 11.8 Å². The molecule has 47 heavy (non-hydrogen) atoms. The number of anilines is 2. The minimum Gasteiger partial charge on any atom is -0.493 e. The first-order valence-corrected chi connectivity index (χ1v) is 14.8. The molecule has 0 spiro atoms. The predicted octanol–water partition coefficient (Wildman–Crippen LogP) is 4.41. The lowest BCUT2D eigenvalue weighted by Crippen LogP contribution is -2.50. The second-order valence-electron chi connectivity index (χ2n) is 10.9. The van der Waals surface area contributed by atoms with Gasteiger partial charge in [0.15, 0.2) is 23.1 Å². The molecule has 0 bridgehead atoms. The number of hydrogen-bond donors (Lipinski definition) is 3. The van der Waals surface area contributed by atoms with Gasteiger partial charge in [-0.05, 0) is 61.4 Å². The Bertz CT molecular complexity index is 1820. The molecule has 2 fully saturated rings. The molecule has 2 aliphatic rings. The van der Waals surface area contributed by atoms with Crippen LogP contribution >= 0.6 is 0 Å². The van der Waals surface area contributed by atoms with Gasteiger partial charge in [0.05, 0.1) is 25.8 Å². The van der Waals surface area contributed by atoms with Gasteiger partial charge in [-0.1, -0.05) is 0 Å². The number of benzene rings is 3. The van der Waals surface area contributed by atoms with Gasteiger partial charge >= 0.3 is 0 Å². The van der Waals surface area contributed by atoms with Crippen LogP contribution < -0.4 is 30.3 Å². The summed E-state index contributed by atoms with van der Waals surface area (Å²) in [6, 6.07) is 14.1. The number of carbonyl (C=O) groups excluding carboxylic acids is 3. The number of nitrogens with zero attached hydrogens (tertiary/aromatic N) is 2. The summed E-state index contributed by atoms with van der Waals surface area (Å²) in [7, 11) is 1.49. The van der Waals surface area contributed by atoms with Crippen LogP contribution in [0.5, 0.6) is 23.0 Å². The summed E-state index contributed by atoms with van der Waals surface area (Å²) in [6.45, 7) is 1.54. The highest BCUT2D eigenvalue weighted by Crippen LogP contribution is 2.47. The lowest BCUT2D eigenvalue weighted by atomic mass is 10.0. The van der Waals surface area contributed by atoms with Crippen molar-refractivity contribution in [2.75, 3.05) is 50.7 Å². The molecular weight excluding hydrogens is 616 g/mol. The molecular formula is C33H31F2N5O7. The largest absolute Gasteiger partial charge is 0.493 e. The minimum atomic E-state index is -1.30. The fourth-order valence-corrected chi connectivity index (χ4v) is 5.01. The number of rotatable bonds is 12. The van der Waals surface area contributed by atoms with E-state index in [2.05, 4.69) is 21.0 Å². The number of pyridine rings is 1. The summed E-state index contributed by atoms with van der Waals surface area (Å²) < 4.78 is 50.9. The Morgan fingerprint density at radius 3 is 2.38 bits per heavy atom. The standard InChI is InChI=1S/C33H31F2N5O7/c1-44-28-17-23-25(18-29(28)46-14-12-37-40-13-15-45-19-30(40)41)36-11-8-26(23)47-27-7-6-22(16-24(27)35)39-32(43)33(9-10-33)31(42)38-21-4-2-20(34)3-5-21/h2-8,11,16-18,37H,9-10,12-15,19H2,1H3,(H,38,42)(H,39,43). The van der Waals surface area contributed by atoms with E-state index in [1.807, 2.05) is 0 Å². The number of nitrogens with one attached hydrogen (secondary N) is 3. The Labute approximate surface area is 267 Å². The number of fused-ring (bicyclic) bond motifs is 1. The van der Waals surface area contributed by atoms with Crippen LogP contribution in [0.4, 0.5) is 20.2 Å². The topological polar surface area (TPSA) is 140 Å². The van der Waals surface area contributed by atoms with E-state index in [0.29, 0.717) is 66.4 Å². The molecule has 2 heterocycles. The Balaban J connectivity index is 1.10. The molecule has 0 atom stereocenters. The van der Waals surface area contributed by atoms with E-state index in [1.165, 1.54) is 54.7 Å². The SMILES string of the molecule is COc1cc2c(Oc3ccc(NC(=O)C4(C(=O)Nc5ccc(F)cc5)CC4)cc3F)ccnc2cc1OCCNN1CCOCC1=O. The lowest BCUT2D eigenvalue weighted by molar-refractivity contribution is -0.146. The number of ether oxygens (including phenoxy) is 4. The van der Waals surface area contributed by atoms with Crippen LogP contribution in [0.25, 0.3) is 10.9 Å². The molecule has 14 heteroatoms. The van der Waals surface area contributed by atoms with Crippen LogP contribution in [-0.2, 0) is 19.1 Å². The van der Waals surface area contributed by atoms with E-state index >= 15 is 4.39 Å². The highest BCUT2D eigenvalue weighted by molar-refractivity contribution is 6.16. The fourth-order valence-electron chi connectivity index (χ4n) is 5.01. The third-order valence-electron chi connectivity index (χ3n) is 7.77. The van der Waals surface area contributed by atoms with Crippen molar-refractivity contribution in [2.24, 2.45) is 5.41 Å². The Hall–Kier alpha value is -5.34. The van der Waals surface area contributed by atoms with Crippen molar-refractivity contribution in [2.45, 2.75) is 12.8 Å². The van der Waals surface area contributed by atoms with Crippen molar-refractivity contribution in [3.05, 3.63) is 78.5 Å². The molecule has 0 unspecified atom stereocenters. The molecule has 1 aromatic heterocycles. The van der Waals surface area contributed by atoms with E-state index in [0.717, 1.165) is 6.07 Å². The molecule has 6 rings (SSSR count). The third-order valence-corrected chi connectivity index (χ3v) is 7.77. The number of hydrogen-bond acceptors (Lipinski definition) is 9. The first-order valence-electron chi connectivity index (χ1n) is 14.8. The number of aromatic nitrogens is 1. The van der Waals surface area contributed by atoms with Gasteiger partial charge in [-0.2, -0.15) is 0 Å². The zero-order chi connectivity index (χ0) is 33.0. The van der Waals surface area contributed by atoms with Gasteiger partial charge in [0.25, 0.3) is 5.91 Å². The zero-order valence-corrected chi connectivity index (χ0v) is 25.3.